The maximum Gasteiger partial charge on any atom is 0.348 e. The molecule has 0 radical (unpaired) electrons. The molecule has 4 rings (SSSR count). The molecule has 4 aromatic rings. The van der Waals surface area contributed by atoms with Crippen molar-refractivity contribution in [2.24, 2.45) is 0 Å². The van der Waals surface area contributed by atoms with Crippen molar-refractivity contribution in [1.29, 1.82) is 0 Å². The lowest BCUT2D eigenvalue weighted by Crippen LogP contribution is -2.23. The van der Waals surface area contributed by atoms with Gasteiger partial charge in [-0.2, -0.15) is 5.10 Å². The lowest BCUT2D eigenvalue weighted by atomic mass is 10.0. The van der Waals surface area contributed by atoms with Crippen LogP contribution in [0.15, 0.2) is 40.5 Å². The van der Waals surface area contributed by atoms with E-state index in [9.17, 15) is 4.79 Å². The van der Waals surface area contributed by atoms with Crippen LogP contribution in [0.1, 0.15) is 16.9 Å². The predicted octanol–water partition coefficient (Wildman–Crippen LogP) is 3.01. The smallest absolute Gasteiger partial charge is 0.315 e. The van der Waals surface area contributed by atoms with Gasteiger partial charge in [-0.1, -0.05) is 12.1 Å². The molecule has 0 amide bonds. The zero-order valence-electron chi connectivity index (χ0n) is 18.6. The lowest BCUT2D eigenvalue weighted by Gasteiger charge is -2.19. The molecule has 0 saturated carbocycles. The van der Waals surface area contributed by atoms with Gasteiger partial charge in [0.25, 0.3) is 0 Å². The fraction of sp³-hybridized carbons (Fsp3) is 0.391. The number of thiophene rings is 1. The first-order valence-electron chi connectivity index (χ1n) is 10.5. The van der Waals surface area contributed by atoms with Crippen molar-refractivity contribution >= 4 is 27.9 Å². The molecule has 0 spiro atoms. The van der Waals surface area contributed by atoms with Crippen molar-refractivity contribution in [3.05, 3.63) is 56.6 Å². The number of fused-ring (bicyclic) bond motifs is 3. The summed E-state index contributed by atoms with van der Waals surface area (Å²) in [4.78, 5) is 18.3. The van der Waals surface area contributed by atoms with Crippen LogP contribution >= 0.6 is 11.3 Å². The molecule has 0 unspecified atom stereocenters. The van der Waals surface area contributed by atoms with E-state index in [2.05, 4.69) is 76.1 Å². The molecule has 164 valence electrons. The average molecular weight is 439 g/mol. The fourth-order valence-corrected chi connectivity index (χ4v) is 4.90. The van der Waals surface area contributed by atoms with Gasteiger partial charge in [0.2, 0.25) is 0 Å². The SMILES string of the molecule is CNCc1cc(-c2ccc3c(CN(C)CCCN(C)C)cc4n[nH]c(=O)n4c3c2)cs1. The summed E-state index contributed by atoms with van der Waals surface area (Å²) < 4.78 is 1.68. The van der Waals surface area contributed by atoms with Gasteiger partial charge in [-0.05, 0) is 88.0 Å². The summed E-state index contributed by atoms with van der Waals surface area (Å²) in [7, 11) is 8.30. The Morgan fingerprint density at radius 3 is 2.74 bits per heavy atom. The Labute approximate surface area is 186 Å². The van der Waals surface area contributed by atoms with E-state index in [0.717, 1.165) is 49.1 Å². The molecule has 0 aliphatic carbocycles. The number of aromatic nitrogens is 3. The molecular formula is C23H30N6OS. The minimum atomic E-state index is -0.204. The van der Waals surface area contributed by atoms with Crippen molar-refractivity contribution in [3.63, 3.8) is 0 Å². The van der Waals surface area contributed by atoms with Crippen molar-refractivity contribution in [2.75, 3.05) is 41.3 Å². The molecule has 3 heterocycles. The molecule has 1 aromatic carbocycles. The normalized spacial score (nSPS) is 12.1. The molecule has 0 aliphatic rings. The van der Waals surface area contributed by atoms with Gasteiger partial charge >= 0.3 is 5.69 Å². The summed E-state index contributed by atoms with van der Waals surface area (Å²) in [5.74, 6) is 0. The summed E-state index contributed by atoms with van der Waals surface area (Å²) in [6.07, 6.45) is 1.11. The van der Waals surface area contributed by atoms with E-state index in [1.165, 1.54) is 16.0 Å². The Bertz CT molecular complexity index is 1240. The standard InChI is InChI=1S/C23H30N6OS/c1-24-13-19-10-18(15-31-19)16-6-7-20-17(14-28(4)9-5-8-27(2)3)12-22-25-26-23(30)29(22)21(20)11-16/h6-7,10-12,15,24H,5,8-9,13-14H2,1-4H3,(H,26,30). The van der Waals surface area contributed by atoms with Gasteiger partial charge in [0, 0.05) is 23.4 Å². The number of aromatic amines is 1. The van der Waals surface area contributed by atoms with Gasteiger partial charge in [-0.25, -0.2) is 14.3 Å². The van der Waals surface area contributed by atoms with E-state index in [1.807, 2.05) is 13.1 Å². The number of rotatable bonds is 9. The van der Waals surface area contributed by atoms with Crippen LogP contribution in [0.25, 0.3) is 27.7 Å². The molecule has 0 aliphatic heterocycles. The highest BCUT2D eigenvalue weighted by atomic mass is 32.1. The molecule has 31 heavy (non-hydrogen) atoms. The molecule has 0 atom stereocenters. The first kappa shape index (κ1) is 21.7. The van der Waals surface area contributed by atoms with E-state index in [0.29, 0.717) is 5.65 Å². The summed E-state index contributed by atoms with van der Waals surface area (Å²) in [5, 5.41) is 13.3. The number of hydrogen-bond donors (Lipinski definition) is 2. The third-order valence-corrected chi connectivity index (χ3v) is 6.45. The van der Waals surface area contributed by atoms with Crippen LogP contribution in [0.2, 0.25) is 0 Å². The molecule has 0 bridgehead atoms. The van der Waals surface area contributed by atoms with Gasteiger partial charge in [0.1, 0.15) is 0 Å². The number of benzene rings is 1. The molecule has 0 saturated heterocycles. The van der Waals surface area contributed by atoms with Gasteiger partial charge in [0.05, 0.1) is 5.52 Å². The Morgan fingerprint density at radius 2 is 1.97 bits per heavy atom. The molecular weight excluding hydrogens is 408 g/mol. The zero-order valence-corrected chi connectivity index (χ0v) is 19.4. The van der Waals surface area contributed by atoms with E-state index in [1.54, 1.807) is 15.7 Å². The van der Waals surface area contributed by atoms with E-state index in [-0.39, 0.29) is 5.69 Å². The van der Waals surface area contributed by atoms with Gasteiger partial charge in [-0.3, -0.25) is 0 Å². The van der Waals surface area contributed by atoms with Crippen molar-refractivity contribution < 1.29 is 0 Å². The third-order valence-electron chi connectivity index (χ3n) is 5.51. The first-order valence-corrected chi connectivity index (χ1v) is 11.4. The highest BCUT2D eigenvalue weighted by molar-refractivity contribution is 7.10. The highest BCUT2D eigenvalue weighted by Gasteiger charge is 2.14. The van der Waals surface area contributed by atoms with Crippen LogP contribution < -0.4 is 11.0 Å². The summed E-state index contributed by atoms with van der Waals surface area (Å²) >= 11 is 1.74. The lowest BCUT2D eigenvalue weighted by molar-refractivity contribution is 0.295. The second-order valence-electron chi connectivity index (χ2n) is 8.35. The van der Waals surface area contributed by atoms with E-state index in [4.69, 9.17) is 0 Å². The Kier molecular flexibility index (Phi) is 6.52. The van der Waals surface area contributed by atoms with Crippen molar-refractivity contribution in [1.82, 2.24) is 29.7 Å². The van der Waals surface area contributed by atoms with Gasteiger partial charge in [-0.15, -0.1) is 11.3 Å². The van der Waals surface area contributed by atoms with Crippen LogP contribution in [0.3, 0.4) is 0 Å². The highest BCUT2D eigenvalue weighted by Crippen LogP contribution is 2.30. The maximum absolute atomic E-state index is 12.5. The topological polar surface area (TPSA) is 68.7 Å². The minimum Gasteiger partial charge on any atom is -0.315 e. The average Bonchev–Trinajstić information content (AvgIpc) is 3.34. The second kappa shape index (κ2) is 9.32. The van der Waals surface area contributed by atoms with Crippen molar-refractivity contribution in [3.8, 4) is 11.1 Å². The quantitative estimate of drug-likeness (QED) is 0.420. The van der Waals surface area contributed by atoms with Crippen LogP contribution in [-0.4, -0.2) is 65.7 Å². The van der Waals surface area contributed by atoms with Crippen LogP contribution in [0, 0.1) is 0 Å². The third kappa shape index (κ3) is 4.72. The van der Waals surface area contributed by atoms with Crippen LogP contribution in [-0.2, 0) is 13.1 Å². The maximum atomic E-state index is 12.5. The summed E-state index contributed by atoms with van der Waals surface area (Å²) in [6.45, 7) is 3.75. The monoisotopic (exact) mass is 438 g/mol. The van der Waals surface area contributed by atoms with Crippen LogP contribution in [0.5, 0.6) is 0 Å². The molecule has 3 aromatic heterocycles. The van der Waals surface area contributed by atoms with Crippen LogP contribution in [0.4, 0.5) is 0 Å². The number of hydrogen-bond acceptors (Lipinski definition) is 6. The van der Waals surface area contributed by atoms with E-state index >= 15 is 0 Å². The zero-order chi connectivity index (χ0) is 22.0. The summed E-state index contributed by atoms with van der Waals surface area (Å²) in [6, 6.07) is 10.6. The van der Waals surface area contributed by atoms with E-state index < -0.39 is 0 Å². The Balaban J connectivity index is 1.72. The molecule has 0 fully saturated rings. The molecule has 7 nitrogen and oxygen atoms in total. The first-order chi connectivity index (χ1) is 15.0. The number of pyridine rings is 1. The second-order valence-corrected chi connectivity index (χ2v) is 9.35. The Hall–Kier alpha value is -2.52. The number of nitrogens with zero attached hydrogens (tertiary/aromatic N) is 4. The summed E-state index contributed by atoms with van der Waals surface area (Å²) in [5.41, 5.74) is 4.82. The number of nitrogens with one attached hydrogen (secondary N) is 2. The predicted molar refractivity (Wildman–Crippen MR) is 129 cm³/mol. The molecule has 8 heteroatoms. The minimum absolute atomic E-state index is 0.204. The molecule has 2 N–H and O–H groups in total. The van der Waals surface area contributed by atoms with Gasteiger partial charge in [0.15, 0.2) is 5.65 Å². The largest absolute Gasteiger partial charge is 0.348 e. The van der Waals surface area contributed by atoms with Crippen molar-refractivity contribution in [2.45, 2.75) is 19.5 Å². The fourth-order valence-electron chi connectivity index (χ4n) is 4.00. The Morgan fingerprint density at radius 1 is 1.13 bits per heavy atom. The van der Waals surface area contributed by atoms with Gasteiger partial charge < -0.3 is 15.1 Å². The number of H-pyrrole nitrogens is 1.